The molecule has 0 aliphatic rings. The lowest BCUT2D eigenvalue weighted by atomic mass is 10.0. The number of carbonyl (C=O) groups excluding carboxylic acids is 3. The Kier molecular flexibility index (Phi) is 7.69. The molecule has 31 heavy (non-hydrogen) atoms. The van der Waals surface area contributed by atoms with Crippen LogP contribution in [0.5, 0.6) is 17.2 Å². The Morgan fingerprint density at radius 2 is 1.48 bits per heavy atom. The third-order valence-electron chi connectivity index (χ3n) is 4.33. The maximum atomic E-state index is 11.8. The number of ether oxygens (including phenoxy) is 3. The molecule has 0 atom stereocenters. The fraction of sp³-hybridized carbons (Fsp3) is 0.160. The molecular weight excluding hydrogens is 396 g/mol. The average molecular weight is 420 g/mol. The molecule has 0 aliphatic heterocycles. The number of hydrogen-bond acceptors (Lipinski definition) is 6. The van der Waals surface area contributed by atoms with E-state index in [1.165, 1.54) is 7.11 Å². The van der Waals surface area contributed by atoms with Gasteiger partial charge in [0, 0.05) is 27.8 Å². The summed E-state index contributed by atoms with van der Waals surface area (Å²) in [6, 6.07) is 9.85. The largest absolute Gasteiger partial charge is 0.496 e. The van der Waals surface area contributed by atoms with Crippen molar-refractivity contribution >= 4 is 29.9 Å². The first-order valence-electron chi connectivity index (χ1n) is 9.38. The number of esters is 2. The summed E-state index contributed by atoms with van der Waals surface area (Å²) < 4.78 is 16.0. The number of benzene rings is 2. The number of carbonyl (C=O) groups is 3. The molecule has 0 N–H and O–H groups in total. The Morgan fingerprint density at radius 3 is 2.00 bits per heavy atom. The summed E-state index contributed by atoms with van der Waals surface area (Å²) >= 11 is 0. The van der Waals surface area contributed by atoms with Gasteiger partial charge in [-0.2, -0.15) is 0 Å². The monoisotopic (exact) mass is 420 g/mol. The number of allylic oxidation sites excluding steroid dienone is 1. The third-order valence-corrected chi connectivity index (χ3v) is 4.33. The van der Waals surface area contributed by atoms with Crippen molar-refractivity contribution < 1.29 is 28.6 Å². The van der Waals surface area contributed by atoms with Crippen LogP contribution in [0.1, 0.15) is 30.5 Å². The van der Waals surface area contributed by atoms with E-state index in [1.54, 1.807) is 63.2 Å². The highest BCUT2D eigenvalue weighted by Crippen LogP contribution is 2.34. The molecule has 0 unspecified atom stereocenters. The number of aldehydes is 1. The molecule has 0 fully saturated rings. The molecule has 0 saturated carbocycles. The molecule has 6 nitrogen and oxygen atoms in total. The Labute approximate surface area is 181 Å². The van der Waals surface area contributed by atoms with E-state index < -0.39 is 11.9 Å². The van der Waals surface area contributed by atoms with Crippen LogP contribution in [0.4, 0.5) is 0 Å². The minimum atomic E-state index is -0.533. The molecule has 2 aromatic rings. The molecule has 160 valence electrons. The van der Waals surface area contributed by atoms with E-state index in [4.69, 9.17) is 14.2 Å². The van der Waals surface area contributed by atoms with E-state index in [1.807, 2.05) is 0 Å². The molecule has 0 radical (unpaired) electrons. The lowest BCUT2D eigenvalue weighted by Gasteiger charge is -2.14. The van der Waals surface area contributed by atoms with E-state index in [9.17, 15) is 14.4 Å². The van der Waals surface area contributed by atoms with Gasteiger partial charge in [0.2, 0.25) is 0 Å². The minimum Gasteiger partial charge on any atom is -0.496 e. The summed E-state index contributed by atoms with van der Waals surface area (Å²) in [6.07, 6.45) is 2.39. The summed E-state index contributed by atoms with van der Waals surface area (Å²) in [5, 5.41) is 0. The van der Waals surface area contributed by atoms with Gasteiger partial charge in [-0.3, -0.25) is 4.79 Å². The first-order valence-corrected chi connectivity index (χ1v) is 9.38. The fourth-order valence-electron chi connectivity index (χ4n) is 2.64. The Balaban J connectivity index is 2.37. The molecule has 0 aliphatic carbocycles. The second-order valence-electron chi connectivity index (χ2n) is 6.89. The molecule has 0 amide bonds. The van der Waals surface area contributed by atoms with Gasteiger partial charge in [-0.25, -0.2) is 9.59 Å². The van der Waals surface area contributed by atoms with E-state index in [-0.39, 0.29) is 11.1 Å². The molecule has 0 saturated heterocycles. The number of hydrogen-bond donors (Lipinski definition) is 0. The van der Waals surface area contributed by atoms with Crippen LogP contribution in [0, 0.1) is 6.92 Å². The second kappa shape index (κ2) is 10.2. The maximum Gasteiger partial charge on any atom is 0.338 e. The fourth-order valence-corrected chi connectivity index (χ4v) is 2.64. The number of methoxy groups -OCH3 is 1. The summed E-state index contributed by atoms with van der Waals surface area (Å²) in [7, 11) is 1.50. The van der Waals surface area contributed by atoms with Crippen molar-refractivity contribution in [3.05, 3.63) is 77.4 Å². The van der Waals surface area contributed by atoms with Gasteiger partial charge in [0.15, 0.2) is 6.29 Å². The van der Waals surface area contributed by atoms with Gasteiger partial charge in [-0.1, -0.05) is 25.3 Å². The zero-order chi connectivity index (χ0) is 23.1. The van der Waals surface area contributed by atoms with Crippen LogP contribution < -0.4 is 14.2 Å². The SMILES string of the molecule is C=C(C)C(=O)Oc1ccc(/C(C=O)=C/c2ccc(OC(=O)C(=C)C)c(C)c2OC)cc1. The van der Waals surface area contributed by atoms with Gasteiger partial charge in [0.05, 0.1) is 7.11 Å². The molecule has 0 spiro atoms. The standard InChI is InChI=1S/C25H24O6/c1-15(2)24(27)30-21-10-7-18(8-11-21)20(14-26)13-19-9-12-22(17(5)23(19)29-6)31-25(28)16(3)4/h7-14H,1,3H2,2,4-6H3/b20-13+. The third kappa shape index (κ3) is 5.79. The van der Waals surface area contributed by atoms with E-state index in [0.29, 0.717) is 39.5 Å². The molecule has 0 bridgehead atoms. The highest BCUT2D eigenvalue weighted by atomic mass is 16.5. The molecule has 0 aromatic heterocycles. The van der Waals surface area contributed by atoms with Crippen LogP contribution in [0.2, 0.25) is 0 Å². The van der Waals surface area contributed by atoms with Crippen molar-refractivity contribution in [2.24, 2.45) is 0 Å². The number of rotatable bonds is 8. The van der Waals surface area contributed by atoms with E-state index >= 15 is 0 Å². The topological polar surface area (TPSA) is 78.9 Å². The summed E-state index contributed by atoms with van der Waals surface area (Å²) in [6.45, 7) is 12.0. The van der Waals surface area contributed by atoms with Crippen LogP contribution >= 0.6 is 0 Å². The van der Waals surface area contributed by atoms with Crippen molar-refractivity contribution in [3.63, 3.8) is 0 Å². The predicted octanol–water partition coefficient (Wildman–Crippen LogP) is 4.71. The highest BCUT2D eigenvalue weighted by molar-refractivity contribution is 6.13. The minimum absolute atomic E-state index is 0.281. The first kappa shape index (κ1) is 23.3. The lowest BCUT2D eigenvalue weighted by Crippen LogP contribution is -2.09. The first-order chi connectivity index (χ1) is 14.7. The van der Waals surface area contributed by atoms with Crippen LogP contribution in [0.15, 0.2) is 60.7 Å². The average Bonchev–Trinajstić information content (AvgIpc) is 2.74. The van der Waals surface area contributed by atoms with E-state index in [2.05, 4.69) is 13.2 Å². The lowest BCUT2D eigenvalue weighted by molar-refractivity contribution is -0.131. The zero-order valence-corrected chi connectivity index (χ0v) is 18.0. The molecular formula is C25H24O6. The van der Waals surface area contributed by atoms with Crippen LogP contribution in [-0.4, -0.2) is 25.3 Å². The zero-order valence-electron chi connectivity index (χ0n) is 18.0. The van der Waals surface area contributed by atoms with Crippen LogP contribution in [-0.2, 0) is 14.4 Å². The van der Waals surface area contributed by atoms with Gasteiger partial charge in [0.25, 0.3) is 0 Å². The van der Waals surface area contributed by atoms with Crippen molar-refractivity contribution in [1.82, 2.24) is 0 Å². The molecule has 0 heterocycles. The predicted molar refractivity (Wildman–Crippen MR) is 119 cm³/mol. The van der Waals surface area contributed by atoms with Crippen molar-refractivity contribution in [2.45, 2.75) is 20.8 Å². The normalized spacial score (nSPS) is 10.8. The maximum absolute atomic E-state index is 11.8. The van der Waals surface area contributed by atoms with Gasteiger partial charge in [-0.15, -0.1) is 0 Å². The smallest absolute Gasteiger partial charge is 0.338 e. The van der Waals surface area contributed by atoms with Gasteiger partial charge >= 0.3 is 11.9 Å². The summed E-state index contributed by atoms with van der Waals surface area (Å²) in [5.41, 5.74) is 2.83. The quantitative estimate of drug-likeness (QED) is 0.202. The molecule has 6 heteroatoms. The van der Waals surface area contributed by atoms with Crippen molar-refractivity contribution in [1.29, 1.82) is 0 Å². The van der Waals surface area contributed by atoms with Crippen LogP contribution in [0.25, 0.3) is 11.6 Å². The van der Waals surface area contributed by atoms with Crippen LogP contribution in [0.3, 0.4) is 0 Å². The van der Waals surface area contributed by atoms with Gasteiger partial charge in [0.1, 0.15) is 17.2 Å². The summed E-state index contributed by atoms with van der Waals surface area (Å²) in [4.78, 5) is 35.2. The van der Waals surface area contributed by atoms with Gasteiger partial charge < -0.3 is 14.2 Å². The summed E-state index contributed by atoms with van der Waals surface area (Å²) in [5.74, 6) is 0.108. The van der Waals surface area contributed by atoms with Gasteiger partial charge in [-0.05, 0) is 56.7 Å². The van der Waals surface area contributed by atoms with Crippen molar-refractivity contribution in [3.8, 4) is 17.2 Å². The van der Waals surface area contributed by atoms with Crippen molar-refractivity contribution in [2.75, 3.05) is 7.11 Å². The second-order valence-corrected chi connectivity index (χ2v) is 6.89. The van der Waals surface area contributed by atoms with E-state index in [0.717, 1.165) is 6.29 Å². The highest BCUT2D eigenvalue weighted by Gasteiger charge is 2.15. The Morgan fingerprint density at radius 1 is 0.903 bits per heavy atom. The molecule has 2 rings (SSSR count). The molecule has 2 aromatic carbocycles. The Bertz CT molecular complexity index is 1070. The Hall–Kier alpha value is -3.93.